The zero-order valence-electron chi connectivity index (χ0n) is 26.4. The molecule has 9 heteroatoms. The number of nitrogens with one attached hydrogen (secondary N) is 2. The highest BCUT2D eigenvalue weighted by atomic mass is 32.1. The van der Waals surface area contributed by atoms with E-state index < -0.39 is 0 Å². The van der Waals surface area contributed by atoms with Gasteiger partial charge in [-0.1, -0.05) is 44.4 Å². The molecular weight excluding hydrogens is 556 g/mol. The van der Waals surface area contributed by atoms with Gasteiger partial charge in [-0.25, -0.2) is 4.99 Å². The van der Waals surface area contributed by atoms with E-state index in [-0.39, 0.29) is 5.91 Å². The molecule has 228 valence electrons. The highest BCUT2D eigenvalue weighted by molar-refractivity contribution is 7.11. The number of ether oxygens (including phenoxy) is 1. The van der Waals surface area contributed by atoms with Crippen molar-refractivity contribution >= 4 is 57.2 Å². The number of nitrogens with zero attached hydrogens (tertiary/aromatic N) is 4. The number of rotatable bonds is 14. The van der Waals surface area contributed by atoms with Gasteiger partial charge in [0, 0.05) is 38.1 Å². The molecule has 0 atom stereocenters. The van der Waals surface area contributed by atoms with Crippen LogP contribution in [-0.2, 0) is 4.79 Å². The third-order valence-corrected chi connectivity index (χ3v) is 7.68. The van der Waals surface area contributed by atoms with Gasteiger partial charge in [-0.3, -0.25) is 4.79 Å². The van der Waals surface area contributed by atoms with Crippen molar-refractivity contribution in [3.05, 3.63) is 89.8 Å². The summed E-state index contributed by atoms with van der Waals surface area (Å²) in [6, 6.07) is 14.1. The molecule has 0 aliphatic heterocycles. The quantitative estimate of drug-likeness (QED) is 0.112. The van der Waals surface area contributed by atoms with E-state index in [1.54, 1.807) is 18.4 Å². The van der Waals surface area contributed by atoms with Crippen molar-refractivity contribution in [1.82, 2.24) is 4.90 Å². The normalized spacial score (nSPS) is 11.7. The van der Waals surface area contributed by atoms with E-state index in [2.05, 4.69) is 70.5 Å². The standard InChI is InChI=1S/C34H44N6O2S/c1-10-15-30(40(12-3)29-17-14-13-16-24(29)4)34-26(18-21-43-34)35-25(5)36-28-22-27(37-33(41)11-2)31(23-32(28)42-9)39(8)20-19-38(6)7/h11-18,21-23H,2-3,10,19-20H2,1,4-9H3,(H,35,36)(H,37,41)/b30-15-. The number of likely N-dealkylation sites (N-methyl/N-ethyl adjacent to an activating group) is 2. The van der Waals surface area contributed by atoms with Crippen LogP contribution in [0, 0.1) is 6.92 Å². The minimum absolute atomic E-state index is 0.289. The first-order valence-corrected chi connectivity index (χ1v) is 15.1. The Bertz CT molecular complexity index is 1490. The van der Waals surface area contributed by atoms with Gasteiger partial charge in [0.1, 0.15) is 11.6 Å². The number of carbonyl (C=O) groups is 1. The molecule has 2 aromatic carbocycles. The van der Waals surface area contributed by atoms with Crippen molar-refractivity contribution in [2.45, 2.75) is 27.2 Å². The first-order chi connectivity index (χ1) is 20.6. The van der Waals surface area contributed by atoms with Crippen LogP contribution in [0.3, 0.4) is 0 Å². The number of aryl methyl sites for hydroxylation is 1. The zero-order chi connectivity index (χ0) is 31.5. The first kappa shape index (κ1) is 33.2. The van der Waals surface area contributed by atoms with Crippen LogP contribution in [0.5, 0.6) is 5.75 Å². The third-order valence-electron chi connectivity index (χ3n) is 6.75. The molecule has 1 amide bonds. The molecule has 0 spiro atoms. The van der Waals surface area contributed by atoms with Crippen molar-refractivity contribution in [3.63, 3.8) is 0 Å². The van der Waals surface area contributed by atoms with Crippen molar-refractivity contribution in [2.24, 2.45) is 4.99 Å². The molecule has 8 nitrogen and oxygen atoms in total. The van der Waals surface area contributed by atoms with Crippen molar-refractivity contribution in [2.75, 3.05) is 61.8 Å². The average molecular weight is 601 g/mol. The highest BCUT2D eigenvalue weighted by Gasteiger charge is 2.19. The summed E-state index contributed by atoms with van der Waals surface area (Å²) < 4.78 is 5.77. The Morgan fingerprint density at radius 3 is 2.42 bits per heavy atom. The molecule has 0 radical (unpaired) electrons. The number of amidine groups is 1. The first-order valence-electron chi connectivity index (χ1n) is 14.2. The van der Waals surface area contributed by atoms with Crippen LogP contribution < -0.4 is 25.2 Å². The van der Waals surface area contributed by atoms with Crippen LogP contribution in [0.1, 0.15) is 30.7 Å². The van der Waals surface area contributed by atoms with E-state index in [1.807, 2.05) is 70.0 Å². The summed E-state index contributed by atoms with van der Waals surface area (Å²) in [4.78, 5) is 24.7. The Balaban J connectivity index is 2.00. The van der Waals surface area contributed by atoms with Gasteiger partial charge in [0.25, 0.3) is 0 Å². The summed E-state index contributed by atoms with van der Waals surface area (Å²) in [6.07, 6.45) is 6.17. The Kier molecular flexibility index (Phi) is 12.2. The number of benzene rings is 2. The van der Waals surface area contributed by atoms with E-state index in [0.29, 0.717) is 23.0 Å². The van der Waals surface area contributed by atoms with Crippen LogP contribution in [0.25, 0.3) is 5.70 Å². The number of para-hydroxylation sites is 1. The van der Waals surface area contributed by atoms with E-state index in [9.17, 15) is 4.79 Å². The van der Waals surface area contributed by atoms with E-state index in [0.717, 1.165) is 52.7 Å². The van der Waals surface area contributed by atoms with Crippen molar-refractivity contribution in [1.29, 1.82) is 0 Å². The fraction of sp³-hybridized carbons (Fsp3) is 0.294. The SMILES string of the molecule is C=CC(=O)Nc1cc(NC(C)=Nc2ccsc2/C(=C/CC)N(C=C)c2ccccc2C)c(OC)cc1N(C)CCN(C)C. The molecule has 1 aromatic heterocycles. The van der Waals surface area contributed by atoms with Gasteiger partial charge in [-0.15, -0.1) is 11.3 Å². The number of thiophene rings is 1. The fourth-order valence-electron chi connectivity index (χ4n) is 4.55. The highest BCUT2D eigenvalue weighted by Crippen LogP contribution is 2.39. The molecule has 3 aromatic rings. The van der Waals surface area contributed by atoms with Gasteiger partial charge < -0.3 is 30.1 Å². The van der Waals surface area contributed by atoms with Crippen LogP contribution in [-0.4, -0.2) is 58.0 Å². The largest absolute Gasteiger partial charge is 0.494 e. The number of aliphatic imine (C=N–C) groups is 1. The van der Waals surface area contributed by atoms with E-state index in [4.69, 9.17) is 9.73 Å². The molecule has 43 heavy (non-hydrogen) atoms. The maximum Gasteiger partial charge on any atom is 0.247 e. The maximum atomic E-state index is 12.3. The topological polar surface area (TPSA) is 72.4 Å². The molecule has 1 heterocycles. The van der Waals surface area contributed by atoms with Gasteiger partial charge in [0.05, 0.1) is 40.4 Å². The molecule has 0 bridgehead atoms. The van der Waals surface area contributed by atoms with Gasteiger partial charge in [-0.2, -0.15) is 0 Å². The van der Waals surface area contributed by atoms with Gasteiger partial charge in [0.15, 0.2) is 0 Å². The summed E-state index contributed by atoms with van der Waals surface area (Å²) in [5, 5.41) is 8.40. The summed E-state index contributed by atoms with van der Waals surface area (Å²) in [6.45, 7) is 15.5. The third kappa shape index (κ3) is 8.59. The summed E-state index contributed by atoms with van der Waals surface area (Å²) in [5.74, 6) is 1.01. The lowest BCUT2D eigenvalue weighted by Gasteiger charge is -2.26. The lowest BCUT2D eigenvalue weighted by Crippen LogP contribution is -2.29. The number of methoxy groups -OCH3 is 1. The Hall–Kier alpha value is -4.34. The molecule has 0 fully saturated rings. The molecule has 3 rings (SSSR count). The van der Waals surface area contributed by atoms with Crippen LogP contribution >= 0.6 is 11.3 Å². The maximum absolute atomic E-state index is 12.3. The molecule has 2 N–H and O–H groups in total. The van der Waals surface area contributed by atoms with Crippen LogP contribution in [0.2, 0.25) is 0 Å². The lowest BCUT2D eigenvalue weighted by atomic mass is 10.1. The van der Waals surface area contributed by atoms with Crippen LogP contribution in [0.4, 0.5) is 28.4 Å². The molecule has 0 aliphatic carbocycles. The number of hydrogen-bond donors (Lipinski definition) is 2. The fourth-order valence-corrected chi connectivity index (χ4v) is 5.42. The summed E-state index contributed by atoms with van der Waals surface area (Å²) in [5.41, 5.74) is 6.27. The number of carbonyl (C=O) groups excluding carboxylic acids is 1. The second-order valence-corrected chi connectivity index (χ2v) is 11.2. The van der Waals surface area contributed by atoms with Gasteiger partial charge in [-0.05, 0) is 69.6 Å². The Morgan fingerprint density at radius 1 is 1.05 bits per heavy atom. The monoisotopic (exact) mass is 600 g/mol. The minimum atomic E-state index is -0.289. The molecule has 0 saturated carbocycles. The summed E-state index contributed by atoms with van der Waals surface area (Å²) >= 11 is 1.64. The van der Waals surface area contributed by atoms with Crippen molar-refractivity contribution < 1.29 is 9.53 Å². The number of allylic oxidation sites excluding steroid dienone is 1. The smallest absolute Gasteiger partial charge is 0.247 e. The molecular formula is C34H44N6O2S. The van der Waals surface area contributed by atoms with Gasteiger partial charge in [0.2, 0.25) is 5.91 Å². The van der Waals surface area contributed by atoms with Crippen LogP contribution in [0.15, 0.2) is 84.3 Å². The molecule has 0 unspecified atom stereocenters. The molecule has 0 aliphatic rings. The number of anilines is 4. The summed E-state index contributed by atoms with van der Waals surface area (Å²) in [7, 11) is 7.68. The predicted octanol–water partition coefficient (Wildman–Crippen LogP) is 7.75. The Labute approximate surface area is 260 Å². The van der Waals surface area contributed by atoms with E-state index >= 15 is 0 Å². The Morgan fingerprint density at radius 2 is 1.79 bits per heavy atom. The minimum Gasteiger partial charge on any atom is -0.494 e. The van der Waals surface area contributed by atoms with Crippen molar-refractivity contribution in [3.8, 4) is 5.75 Å². The van der Waals surface area contributed by atoms with E-state index in [1.165, 1.54) is 6.08 Å². The zero-order valence-corrected chi connectivity index (χ0v) is 27.2. The lowest BCUT2D eigenvalue weighted by molar-refractivity contribution is -0.111. The second-order valence-electron chi connectivity index (χ2n) is 10.3. The number of amides is 1. The number of hydrogen-bond acceptors (Lipinski definition) is 7. The molecule has 0 saturated heterocycles. The predicted molar refractivity (Wildman–Crippen MR) is 186 cm³/mol. The van der Waals surface area contributed by atoms with Gasteiger partial charge >= 0.3 is 0 Å². The average Bonchev–Trinajstić information content (AvgIpc) is 3.44. The second kappa shape index (κ2) is 15.8.